The second-order valence-corrected chi connectivity index (χ2v) is 6.90. The molecule has 0 spiro atoms. The first-order chi connectivity index (χ1) is 10.9. The van der Waals surface area contributed by atoms with Crippen LogP contribution in [0, 0.1) is 13.8 Å². The van der Waals surface area contributed by atoms with Crippen molar-refractivity contribution in [1.82, 2.24) is 4.90 Å². The SMILES string of the molecule is Cc1ccc(C(=O)CCC(=O)N(C)C(C)c2cccs2)cc1C. The van der Waals surface area contributed by atoms with Crippen LogP contribution < -0.4 is 0 Å². The van der Waals surface area contributed by atoms with Gasteiger partial charge < -0.3 is 4.90 Å². The lowest BCUT2D eigenvalue weighted by Crippen LogP contribution is -2.29. The Morgan fingerprint density at radius 2 is 1.87 bits per heavy atom. The Morgan fingerprint density at radius 3 is 2.48 bits per heavy atom. The van der Waals surface area contributed by atoms with Crippen LogP contribution in [0.3, 0.4) is 0 Å². The fourth-order valence-corrected chi connectivity index (χ4v) is 3.22. The van der Waals surface area contributed by atoms with E-state index < -0.39 is 0 Å². The number of hydrogen-bond donors (Lipinski definition) is 0. The maximum Gasteiger partial charge on any atom is 0.223 e. The van der Waals surface area contributed by atoms with E-state index in [9.17, 15) is 9.59 Å². The van der Waals surface area contributed by atoms with E-state index in [-0.39, 0.29) is 30.6 Å². The second-order valence-electron chi connectivity index (χ2n) is 5.92. The first-order valence-corrected chi connectivity index (χ1v) is 8.67. The number of nitrogens with zero attached hydrogens (tertiary/aromatic N) is 1. The first-order valence-electron chi connectivity index (χ1n) is 7.79. The smallest absolute Gasteiger partial charge is 0.223 e. The lowest BCUT2D eigenvalue weighted by molar-refractivity contribution is -0.131. The van der Waals surface area contributed by atoms with Crippen molar-refractivity contribution < 1.29 is 9.59 Å². The number of Topliss-reactive ketones (excluding diaryl/α,β-unsaturated/α-hetero) is 1. The van der Waals surface area contributed by atoms with Gasteiger partial charge in [-0.1, -0.05) is 18.2 Å². The molecule has 1 amide bonds. The maximum absolute atomic E-state index is 12.3. The quantitative estimate of drug-likeness (QED) is 0.729. The number of carbonyl (C=O) groups excluding carboxylic acids is 2. The summed E-state index contributed by atoms with van der Waals surface area (Å²) in [6, 6.07) is 9.75. The predicted molar refractivity (Wildman–Crippen MR) is 95.0 cm³/mol. The lowest BCUT2D eigenvalue weighted by Gasteiger charge is -2.24. The Labute approximate surface area is 141 Å². The number of aryl methyl sites for hydroxylation is 2. The van der Waals surface area contributed by atoms with Crippen LogP contribution in [0.25, 0.3) is 0 Å². The van der Waals surface area contributed by atoms with E-state index in [4.69, 9.17) is 0 Å². The van der Waals surface area contributed by atoms with E-state index in [2.05, 4.69) is 0 Å². The molecule has 2 rings (SSSR count). The van der Waals surface area contributed by atoms with Gasteiger partial charge in [-0.25, -0.2) is 0 Å². The molecule has 23 heavy (non-hydrogen) atoms. The standard InChI is InChI=1S/C19H23NO2S/c1-13-7-8-16(12-14(13)2)17(21)9-10-19(22)20(4)15(3)18-6-5-11-23-18/h5-8,11-12,15H,9-10H2,1-4H3. The highest BCUT2D eigenvalue weighted by atomic mass is 32.1. The summed E-state index contributed by atoms with van der Waals surface area (Å²) in [6.45, 7) is 6.02. The monoisotopic (exact) mass is 329 g/mol. The van der Waals surface area contributed by atoms with Crippen molar-refractivity contribution >= 4 is 23.0 Å². The second kappa shape index (κ2) is 7.55. The van der Waals surface area contributed by atoms with Crippen molar-refractivity contribution in [3.63, 3.8) is 0 Å². The largest absolute Gasteiger partial charge is 0.338 e. The molecule has 0 aliphatic heterocycles. The van der Waals surface area contributed by atoms with Gasteiger partial charge in [-0.05, 0) is 49.4 Å². The van der Waals surface area contributed by atoms with Crippen LogP contribution in [-0.2, 0) is 4.79 Å². The minimum atomic E-state index is 0.00286. The molecule has 0 radical (unpaired) electrons. The normalized spacial score (nSPS) is 12.0. The third kappa shape index (κ3) is 4.29. The minimum Gasteiger partial charge on any atom is -0.338 e. The highest BCUT2D eigenvalue weighted by Gasteiger charge is 2.19. The molecular formula is C19H23NO2S. The minimum absolute atomic E-state index is 0.00286. The van der Waals surface area contributed by atoms with Gasteiger partial charge in [-0.3, -0.25) is 9.59 Å². The zero-order valence-corrected chi connectivity index (χ0v) is 14.9. The summed E-state index contributed by atoms with van der Waals surface area (Å²) in [5.41, 5.74) is 2.96. The first kappa shape index (κ1) is 17.4. The van der Waals surface area contributed by atoms with Gasteiger partial charge >= 0.3 is 0 Å². The van der Waals surface area contributed by atoms with Gasteiger partial charge in [0.25, 0.3) is 0 Å². The number of thiophene rings is 1. The fourth-order valence-electron chi connectivity index (χ4n) is 2.39. The van der Waals surface area contributed by atoms with Crippen molar-refractivity contribution in [2.75, 3.05) is 7.05 Å². The molecule has 1 atom stereocenters. The Kier molecular flexibility index (Phi) is 5.72. The molecule has 2 aromatic rings. The van der Waals surface area contributed by atoms with Crippen LogP contribution in [0.4, 0.5) is 0 Å². The van der Waals surface area contributed by atoms with Crippen LogP contribution in [-0.4, -0.2) is 23.6 Å². The summed E-state index contributed by atoms with van der Waals surface area (Å²) >= 11 is 1.64. The number of rotatable bonds is 6. The molecule has 0 bridgehead atoms. The van der Waals surface area contributed by atoms with Crippen LogP contribution >= 0.6 is 11.3 Å². The van der Waals surface area contributed by atoms with E-state index in [1.807, 2.05) is 56.5 Å². The zero-order chi connectivity index (χ0) is 17.0. The highest BCUT2D eigenvalue weighted by Crippen LogP contribution is 2.24. The van der Waals surface area contributed by atoms with Crippen molar-refractivity contribution in [3.05, 3.63) is 57.3 Å². The van der Waals surface area contributed by atoms with Crippen LogP contribution in [0.5, 0.6) is 0 Å². The van der Waals surface area contributed by atoms with Crippen molar-refractivity contribution in [1.29, 1.82) is 0 Å². The van der Waals surface area contributed by atoms with Gasteiger partial charge in [0.05, 0.1) is 6.04 Å². The summed E-state index contributed by atoms with van der Waals surface area (Å²) in [6.07, 6.45) is 0.501. The van der Waals surface area contributed by atoms with E-state index >= 15 is 0 Å². The molecule has 0 aliphatic rings. The number of hydrogen-bond acceptors (Lipinski definition) is 3. The number of carbonyl (C=O) groups is 2. The summed E-state index contributed by atoms with van der Waals surface area (Å²) < 4.78 is 0. The number of ketones is 1. The van der Waals surface area contributed by atoms with E-state index in [1.54, 1.807) is 23.3 Å². The molecule has 3 nitrogen and oxygen atoms in total. The van der Waals surface area contributed by atoms with Crippen LogP contribution in [0.15, 0.2) is 35.7 Å². The number of benzene rings is 1. The third-order valence-electron chi connectivity index (χ3n) is 4.32. The maximum atomic E-state index is 12.3. The van der Waals surface area contributed by atoms with Gasteiger partial charge in [0.1, 0.15) is 0 Å². The Morgan fingerprint density at radius 1 is 1.13 bits per heavy atom. The van der Waals surface area contributed by atoms with Gasteiger partial charge in [-0.2, -0.15) is 0 Å². The topological polar surface area (TPSA) is 37.4 Å². The van der Waals surface area contributed by atoms with Crippen LogP contribution in [0.1, 0.15) is 52.2 Å². The molecule has 1 aromatic heterocycles. The van der Waals surface area contributed by atoms with Gasteiger partial charge in [0.15, 0.2) is 5.78 Å². The molecule has 1 heterocycles. The van der Waals surface area contributed by atoms with E-state index in [0.717, 1.165) is 10.4 Å². The Hall–Kier alpha value is -1.94. The summed E-state index contributed by atoms with van der Waals surface area (Å²) in [5.74, 6) is 0.0294. The fraction of sp³-hybridized carbons (Fsp3) is 0.368. The molecule has 0 N–H and O–H groups in total. The average molecular weight is 329 g/mol. The molecule has 0 fully saturated rings. The van der Waals surface area contributed by atoms with E-state index in [0.29, 0.717) is 5.56 Å². The van der Waals surface area contributed by atoms with E-state index in [1.165, 1.54) is 5.56 Å². The molecule has 0 aliphatic carbocycles. The summed E-state index contributed by atoms with van der Waals surface area (Å²) in [5, 5.41) is 2.01. The molecule has 4 heteroatoms. The summed E-state index contributed by atoms with van der Waals surface area (Å²) in [7, 11) is 1.80. The zero-order valence-electron chi connectivity index (χ0n) is 14.1. The van der Waals surface area contributed by atoms with Crippen molar-refractivity contribution in [2.45, 2.75) is 39.7 Å². The molecule has 0 saturated carbocycles. The molecule has 122 valence electrons. The molecular weight excluding hydrogens is 306 g/mol. The van der Waals surface area contributed by atoms with Crippen molar-refractivity contribution in [2.24, 2.45) is 0 Å². The lowest BCUT2D eigenvalue weighted by atomic mass is 10.0. The number of amides is 1. The third-order valence-corrected chi connectivity index (χ3v) is 5.37. The van der Waals surface area contributed by atoms with Crippen molar-refractivity contribution in [3.8, 4) is 0 Å². The Bertz CT molecular complexity index is 691. The molecule has 1 unspecified atom stereocenters. The predicted octanol–water partition coefficient (Wildman–Crippen LogP) is 4.55. The average Bonchev–Trinajstić information content (AvgIpc) is 3.07. The summed E-state index contributed by atoms with van der Waals surface area (Å²) in [4.78, 5) is 27.5. The Balaban J connectivity index is 1.93. The van der Waals surface area contributed by atoms with Gasteiger partial charge in [0, 0.05) is 30.3 Å². The molecule has 0 saturated heterocycles. The van der Waals surface area contributed by atoms with Crippen LogP contribution in [0.2, 0.25) is 0 Å². The van der Waals surface area contributed by atoms with Gasteiger partial charge in [-0.15, -0.1) is 11.3 Å². The van der Waals surface area contributed by atoms with Gasteiger partial charge in [0.2, 0.25) is 5.91 Å². The molecule has 1 aromatic carbocycles. The highest BCUT2D eigenvalue weighted by molar-refractivity contribution is 7.10.